The van der Waals surface area contributed by atoms with Crippen molar-refractivity contribution in [3.8, 4) is 0 Å². The Morgan fingerprint density at radius 2 is 0.327 bits per heavy atom. The van der Waals surface area contributed by atoms with Crippen LogP contribution in [0.1, 0.15) is 0 Å². The molecular weight excluding hydrogens is 1750 g/mol. The molecule has 4 aliphatic rings. The summed E-state index contributed by atoms with van der Waals surface area (Å²) in [6.07, 6.45) is -78.8. The van der Waals surface area contributed by atoms with Gasteiger partial charge in [-0.2, -0.15) is 0 Å². The molecule has 4 saturated heterocycles. The van der Waals surface area contributed by atoms with E-state index in [0.29, 0.717) is 0 Å². The number of hydrogen-bond donors (Lipinski definition) is 0. The standard InChI is InChI=1S/C24H42O63S14/c25-88(26,27)67-1-5-9(13(81-95(46,47)48)18(85-99(58,59)60)23(71-5)77-24-20(87-101(64,65)66)16(84-98(55,56)57)12(80-94(43,44)45)8(74-24)4-70-91(34,35)36)75-21-17(14(82-96(49,50)51)10(78-92(37,38)39)6(72-21)2-68-89(28,29)30)76-22-19(86-100(61,62)63)15(83-97(52,53)54)11(79-93(40,41)42)7(73-22)3-69-90(31,32)33/h5-24H,1-4H2,(H,25,26,27)(H,28,29,30)(H,31,32,33)(H,34,35,36)(H,37,38,39)(H,40,41,42)(H,43,44,45)(H,46,47,48)(H,49,50,51)(H,52,53,54)(H,55,56,57)(H,58,59,60)(H,61,62,63)(H,64,65,66)/p-14/t5-,6-,7-,8-,9+,10+,11+,12-,13-,14-,15-,16-,17-,18-,19-,20-,21-,22-,23+,24+/m0/s1. The third-order valence-corrected chi connectivity index (χ3v) is 17.3. The molecule has 0 bridgehead atoms. The molecule has 0 aromatic carbocycles. The summed E-state index contributed by atoms with van der Waals surface area (Å²) in [5.74, 6) is 0. The highest BCUT2D eigenvalue weighted by Crippen LogP contribution is 2.42. The summed E-state index contributed by atoms with van der Waals surface area (Å²) in [6, 6.07) is 0. The highest BCUT2D eigenvalue weighted by atomic mass is 32.3. The molecule has 0 saturated carbocycles. The van der Waals surface area contributed by atoms with Crippen molar-refractivity contribution in [2.45, 2.75) is 123 Å². The predicted molar refractivity (Wildman–Crippen MR) is 254 cm³/mol. The Morgan fingerprint density at radius 3 is 0.535 bits per heavy atom. The second-order valence-corrected chi connectivity index (χ2v) is 32.3. The van der Waals surface area contributed by atoms with E-state index in [1.165, 1.54) is 0 Å². The molecule has 0 amide bonds. The predicted octanol–water partition coefficient (Wildman–Crippen LogP) is -17.0. The first kappa shape index (κ1) is 91.3. The molecule has 0 radical (unpaired) electrons. The minimum Gasteiger partial charge on any atom is -0.726 e. The number of ether oxygens (including phenoxy) is 7. The maximum absolute atomic E-state index is 12.7. The zero-order chi connectivity index (χ0) is 78.2. The largest absolute Gasteiger partial charge is 0.726 e. The fourth-order valence-electron chi connectivity index (χ4n) is 8.30. The van der Waals surface area contributed by atoms with Gasteiger partial charge in [0.1, 0.15) is 79.4 Å². The third kappa shape index (κ3) is 33.5. The lowest BCUT2D eigenvalue weighted by Gasteiger charge is -2.52. The van der Waals surface area contributed by atoms with Gasteiger partial charge < -0.3 is 96.9 Å². The van der Waals surface area contributed by atoms with Crippen LogP contribution in [-0.4, -0.2) is 331 Å². The van der Waals surface area contributed by atoms with Crippen molar-refractivity contribution < 1.29 is 273 Å². The molecule has 0 spiro atoms. The van der Waals surface area contributed by atoms with Gasteiger partial charge in [-0.3, -0.25) is 58.6 Å². The summed E-state index contributed by atoms with van der Waals surface area (Å²) >= 11 is 0. The summed E-state index contributed by atoms with van der Waals surface area (Å²) < 4.78 is 597. The van der Waals surface area contributed by atoms with Crippen LogP contribution >= 0.6 is 0 Å². The van der Waals surface area contributed by atoms with Crippen LogP contribution in [0, 0.1) is 0 Å². The maximum atomic E-state index is 12.7. The van der Waals surface area contributed by atoms with E-state index >= 15 is 0 Å². The van der Waals surface area contributed by atoms with Crippen molar-refractivity contribution in [3.63, 3.8) is 0 Å². The fraction of sp³-hybridized carbons (Fsp3) is 1.00. The average molecular weight is 1770 g/mol. The molecule has 101 heavy (non-hydrogen) atoms. The van der Waals surface area contributed by atoms with Gasteiger partial charge in [-0.15, -0.1) is 0 Å². The topological polar surface area (TPSA) is 995 Å². The van der Waals surface area contributed by atoms with Crippen molar-refractivity contribution in [3.05, 3.63) is 0 Å². The van der Waals surface area contributed by atoms with Crippen LogP contribution in [0.25, 0.3) is 0 Å². The molecule has 600 valence electrons. The fourth-order valence-corrected chi connectivity index (χ4v) is 14.4. The Labute approximate surface area is 564 Å². The van der Waals surface area contributed by atoms with Crippen LogP contribution in [0.15, 0.2) is 0 Å². The molecule has 20 atom stereocenters. The first-order valence-electron chi connectivity index (χ1n) is 23.1. The van der Waals surface area contributed by atoms with E-state index in [0.717, 1.165) is 0 Å². The van der Waals surface area contributed by atoms with E-state index in [2.05, 4.69) is 58.6 Å². The van der Waals surface area contributed by atoms with Crippen molar-refractivity contribution in [1.82, 2.24) is 0 Å². The van der Waals surface area contributed by atoms with E-state index < -0.39 is 295 Å². The SMILES string of the molecule is O=S(=O)([O-])OC[C@@H]1O[C@H](O[C@H]2O[C@@H](COS(=O)(=O)[O-])[C@@H](O[C@@H]3O[C@@H](COS(=O)(=O)[O-])[C@@H](OS(=O)(=O)[O-])[C@H](OS(=O)(=O)[O-])[C@@H]3O[C@@H]3O[C@@H](COS(=O)(=O)[O-])[C@@H](OS(=O)(=O)[O-])[C@H](OS(=O)(=O)[O-])[C@@H]3OS(=O)(=O)[O-])[C@H](OS(=O)(=O)[O-])[C@@H]2OS(=O)(=O)[O-])[C@@H](OS(=O)(=O)[O-])[C@@H](OS(=O)(=O)[O-])[C@H]1OS(=O)(=O)[O-]. The Balaban J connectivity index is 2.27. The minimum absolute atomic E-state index is 2.39. The zero-order valence-corrected chi connectivity index (χ0v) is 57.2. The Hall–Kier alpha value is -2.10. The normalized spacial score (nSPS) is 32.5. The molecule has 77 heteroatoms. The molecule has 4 aliphatic heterocycles. The second-order valence-electron chi connectivity index (χ2n) is 18.0. The summed E-state index contributed by atoms with van der Waals surface area (Å²) in [5.41, 5.74) is 0. The molecule has 0 aromatic heterocycles. The number of hydrogen-bond acceptors (Lipinski definition) is 63. The van der Waals surface area contributed by atoms with Gasteiger partial charge >= 0.3 is 0 Å². The van der Waals surface area contributed by atoms with Gasteiger partial charge in [-0.25, -0.2) is 118 Å². The zero-order valence-electron chi connectivity index (χ0n) is 45.8. The van der Waals surface area contributed by atoms with Gasteiger partial charge in [0.2, 0.25) is 146 Å². The first-order chi connectivity index (χ1) is 44.7. The van der Waals surface area contributed by atoms with Gasteiger partial charge in [0.05, 0.1) is 26.4 Å². The second kappa shape index (κ2) is 33.0. The number of rotatable bonds is 38. The Morgan fingerprint density at radius 1 is 0.178 bits per heavy atom. The maximum Gasteiger partial charge on any atom is 0.218 e. The van der Waals surface area contributed by atoms with E-state index in [9.17, 15) is 182 Å². The van der Waals surface area contributed by atoms with Crippen molar-refractivity contribution >= 4 is 146 Å². The minimum atomic E-state index is -7.22. The Bertz CT molecular complexity index is 4610. The molecular formula is C24H28O63S14-14. The average Bonchev–Trinajstić information content (AvgIpc) is 0.755. The van der Waals surface area contributed by atoms with Crippen LogP contribution < -0.4 is 0 Å². The first-order valence-corrected chi connectivity index (χ1v) is 41.8. The smallest absolute Gasteiger partial charge is 0.218 e. The summed E-state index contributed by atoms with van der Waals surface area (Å²) in [7, 11) is -95.6. The van der Waals surface area contributed by atoms with Gasteiger partial charge in [-0.05, 0) is 0 Å². The molecule has 4 fully saturated rings. The van der Waals surface area contributed by atoms with E-state index in [4.69, 9.17) is 33.2 Å². The highest BCUT2D eigenvalue weighted by molar-refractivity contribution is 7.83. The molecule has 63 nitrogen and oxygen atoms in total. The van der Waals surface area contributed by atoms with Crippen LogP contribution in [-0.2, 0) is 237 Å². The van der Waals surface area contributed by atoms with Crippen LogP contribution in [0.4, 0.5) is 0 Å². The quantitative estimate of drug-likeness (QED) is 0.0409. The van der Waals surface area contributed by atoms with Crippen molar-refractivity contribution in [2.24, 2.45) is 0 Å². The molecule has 0 unspecified atom stereocenters. The lowest BCUT2D eigenvalue weighted by atomic mass is 9.96. The van der Waals surface area contributed by atoms with Gasteiger partial charge in [0.15, 0.2) is 43.5 Å². The Kier molecular flexibility index (Phi) is 29.8. The van der Waals surface area contributed by atoms with Crippen LogP contribution in [0.5, 0.6) is 0 Å². The summed E-state index contributed by atoms with van der Waals surface area (Å²) in [6.45, 7) is -10.1. The molecule has 0 aliphatic carbocycles. The van der Waals surface area contributed by atoms with E-state index in [1.54, 1.807) is 0 Å². The molecule has 4 rings (SSSR count). The van der Waals surface area contributed by atoms with Gasteiger partial charge in [-0.1, -0.05) is 0 Å². The van der Waals surface area contributed by atoms with Crippen molar-refractivity contribution in [2.75, 3.05) is 26.4 Å². The highest BCUT2D eigenvalue weighted by Gasteiger charge is 2.62. The third-order valence-electron chi connectivity index (χ3n) is 11.0. The summed E-state index contributed by atoms with van der Waals surface area (Å²) in [5, 5.41) is 0. The molecule has 0 N–H and O–H groups in total. The molecule has 0 aromatic rings. The molecule has 4 heterocycles. The van der Waals surface area contributed by atoms with Crippen LogP contribution in [0.3, 0.4) is 0 Å². The van der Waals surface area contributed by atoms with Gasteiger partial charge in [0.25, 0.3) is 0 Å². The van der Waals surface area contributed by atoms with E-state index in [1.807, 2.05) is 0 Å². The lowest BCUT2D eigenvalue weighted by Crippen LogP contribution is -2.69. The lowest BCUT2D eigenvalue weighted by molar-refractivity contribution is -0.393. The van der Waals surface area contributed by atoms with Crippen molar-refractivity contribution in [1.29, 1.82) is 0 Å². The summed E-state index contributed by atoms with van der Waals surface area (Å²) in [4.78, 5) is 0. The van der Waals surface area contributed by atoms with E-state index in [-0.39, 0.29) is 0 Å². The van der Waals surface area contributed by atoms with Gasteiger partial charge in [0, 0.05) is 0 Å². The monoisotopic (exact) mass is 1770 g/mol. The van der Waals surface area contributed by atoms with Crippen LogP contribution in [0.2, 0.25) is 0 Å².